The van der Waals surface area contributed by atoms with Crippen molar-refractivity contribution < 1.29 is 102 Å². The standard InChI is InChI=1S/2C18H30O5S2.2Na/c2*1-2-3-4-5-6-7-8-9-10-11-13-17-14-12-15-18(16-17)24(19,20)25(21,22)23;;/h2*12,14-16H,2-11,13H2,1H3,(H,21,22,23);;/q;;2*+1/p-2. The van der Waals surface area contributed by atoms with Crippen LogP contribution < -0.4 is 59.1 Å². The minimum Gasteiger partial charge on any atom is -0.735 e. The van der Waals surface area contributed by atoms with E-state index >= 15 is 0 Å². The van der Waals surface area contributed by atoms with E-state index in [4.69, 9.17) is 0 Å². The van der Waals surface area contributed by atoms with E-state index in [-0.39, 0.29) is 59.1 Å². The molecule has 0 aliphatic rings. The topological polar surface area (TPSA) is 183 Å². The van der Waals surface area contributed by atoms with Gasteiger partial charge < -0.3 is 9.11 Å². The van der Waals surface area contributed by atoms with Gasteiger partial charge in [-0.25, -0.2) is 33.7 Å². The molecule has 52 heavy (non-hydrogen) atoms. The molecule has 0 spiro atoms. The molecule has 0 unspecified atom stereocenters. The van der Waals surface area contributed by atoms with Crippen molar-refractivity contribution in [2.45, 2.75) is 165 Å². The first kappa shape index (κ1) is 54.3. The molecule has 2 aromatic carbocycles. The molecular weight excluding hydrogens is 767 g/mol. The summed E-state index contributed by atoms with van der Waals surface area (Å²) in [6.45, 7) is 4.43. The summed E-state index contributed by atoms with van der Waals surface area (Å²) in [5.74, 6) is 0. The molecule has 0 saturated carbocycles. The number of rotatable bonds is 26. The summed E-state index contributed by atoms with van der Waals surface area (Å²) in [5, 5.41) is 0. The van der Waals surface area contributed by atoms with E-state index in [1.54, 1.807) is 12.1 Å². The van der Waals surface area contributed by atoms with Crippen LogP contribution in [0.15, 0.2) is 58.3 Å². The molecule has 0 heterocycles. The third-order valence-corrected chi connectivity index (χ3v) is 15.7. The van der Waals surface area contributed by atoms with E-state index in [1.807, 2.05) is 0 Å². The molecule has 0 bridgehead atoms. The van der Waals surface area contributed by atoms with Crippen LogP contribution in [0.25, 0.3) is 0 Å². The van der Waals surface area contributed by atoms with Crippen molar-refractivity contribution in [3.63, 3.8) is 0 Å². The average Bonchev–Trinajstić information content (AvgIpc) is 3.06. The third kappa shape index (κ3) is 22.0. The van der Waals surface area contributed by atoms with Crippen LogP contribution in [0.2, 0.25) is 0 Å². The van der Waals surface area contributed by atoms with Crippen molar-refractivity contribution in [3.8, 4) is 0 Å². The molecule has 10 nitrogen and oxygen atoms in total. The second-order valence-corrected chi connectivity index (χ2v) is 22.4. The fourth-order valence-electron chi connectivity index (χ4n) is 5.58. The summed E-state index contributed by atoms with van der Waals surface area (Å²) in [5.41, 5.74) is 1.48. The molecule has 16 heteroatoms. The zero-order valence-electron chi connectivity index (χ0n) is 31.9. The van der Waals surface area contributed by atoms with Gasteiger partial charge in [0.15, 0.2) is 0 Å². The molecule has 0 atom stereocenters. The number of unbranched alkanes of at least 4 members (excludes halogenated alkanes) is 18. The van der Waals surface area contributed by atoms with E-state index in [2.05, 4.69) is 13.8 Å². The van der Waals surface area contributed by atoms with Crippen molar-refractivity contribution in [2.75, 3.05) is 0 Å². The maximum Gasteiger partial charge on any atom is 1.00 e. The van der Waals surface area contributed by atoms with Crippen LogP contribution in [0.4, 0.5) is 0 Å². The van der Waals surface area contributed by atoms with E-state index in [1.165, 1.54) is 114 Å². The Kier molecular flexibility index (Phi) is 30.7. The fourth-order valence-corrected chi connectivity index (χ4v) is 9.17. The van der Waals surface area contributed by atoms with Crippen molar-refractivity contribution in [1.29, 1.82) is 0 Å². The van der Waals surface area contributed by atoms with Crippen LogP contribution in [0.1, 0.15) is 153 Å². The molecule has 0 N–H and O–H groups in total. The van der Waals surface area contributed by atoms with Gasteiger partial charge in [0, 0.05) is 0 Å². The first-order chi connectivity index (χ1) is 23.6. The Hall–Kier alpha value is 0.160. The fraction of sp³-hybridized carbons (Fsp3) is 0.667. The maximum atomic E-state index is 11.6. The Morgan fingerprint density at radius 1 is 0.404 bits per heavy atom. The Morgan fingerprint density at radius 3 is 0.904 bits per heavy atom. The number of aryl methyl sites for hydroxylation is 2. The summed E-state index contributed by atoms with van der Waals surface area (Å²) in [6, 6.07) is 11.3. The average molecular weight is 825 g/mol. The Balaban J connectivity index is 0. The largest absolute Gasteiger partial charge is 1.00 e. The number of hydrogen-bond acceptors (Lipinski definition) is 10. The second kappa shape index (κ2) is 29.4. The molecule has 288 valence electrons. The zero-order chi connectivity index (χ0) is 37.5. The molecule has 2 aromatic rings. The first-order valence-corrected chi connectivity index (χ1v) is 25.0. The van der Waals surface area contributed by atoms with Crippen LogP contribution in [-0.2, 0) is 48.9 Å². The summed E-state index contributed by atoms with van der Waals surface area (Å²) in [7, 11) is -20.5. The van der Waals surface area contributed by atoms with Crippen LogP contribution in [0.3, 0.4) is 0 Å². The van der Waals surface area contributed by atoms with Crippen LogP contribution in [-0.4, -0.2) is 42.8 Å². The van der Waals surface area contributed by atoms with E-state index < -0.39 is 45.8 Å². The minimum atomic E-state index is -5.39. The zero-order valence-corrected chi connectivity index (χ0v) is 39.2. The Morgan fingerprint density at radius 2 is 0.654 bits per heavy atom. The number of hydrogen-bond donors (Lipinski definition) is 0. The van der Waals surface area contributed by atoms with Gasteiger partial charge in [0.1, 0.15) is 0 Å². The smallest absolute Gasteiger partial charge is 0.735 e. The SMILES string of the molecule is CCCCCCCCCCCCc1cccc(S(=O)(=O)S(=O)(=O)[O-])c1.CCCCCCCCCCCCc1cccc(S(=O)(=O)S(=O)(=O)[O-])c1.[Na+].[Na+]. The minimum absolute atomic E-state index is 0. The van der Waals surface area contributed by atoms with E-state index in [9.17, 15) is 42.8 Å². The van der Waals surface area contributed by atoms with Gasteiger partial charge in [0.2, 0.25) is 18.3 Å². The van der Waals surface area contributed by atoms with Crippen LogP contribution >= 0.6 is 0 Å². The first-order valence-electron chi connectivity index (χ1n) is 18.2. The Bertz CT molecular complexity index is 1560. The van der Waals surface area contributed by atoms with Gasteiger partial charge >= 0.3 is 59.1 Å². The molecular formula is C36H58Na2O10S4. The van der Waals surface area contributed by atoms with Gasteiger partial charge in [-0.05, 0) is 61.1 Å². The molecule has 0 radical (unpaired) electrons. The normalized spacial score (nSPS) is 11.9. The molecule has 0 aromatic heterocycles. The van der Waals surface area contributed by atoms with Gasteiger partial charge in [0.25, 0.3) is 17.7 Å². The van der Waals surface area contributed by atoms with Gasteiger partial charge in [-0.3, -0.25) is 0 Å². The predicted octanol–water partition coefficient (Wildman–Crippen LogP) is 2.78. The van der Waals surface area contributed by atoms with Crippen LogP contribution in [0.5, 0.6) is 0 Å². The van der Waals surface area contributed by atoms with E-state index in [0.717, 1.165) is 61.8 Å². The van der Waals surface area contributed by atoms with Crippen LogP contribution in [0, 0.1) is 0 Å². The summed E-state index contributed by atoms with van der Waals surface area (Å²) in [4.78, 5) is -0.876. The molecule has 0 amide bonds. The predicted molar refractivity (Wildman–Crippen MR) is 198 cm³/mol. The summed E-state index contributed by atoms with van der Waals surface area (Å²) < 4.78 is 112. The Labute approximate surface area is 358 Å². The van der Waals surface area contributed by atoms with Gasteiger partial charge in [-0.1, -0.05) is 154 Å². The van der Waals surface area contributed by atoms with Gasteiger partial charge in [-0.2, -0.15) is 0 Å². The van der Waals surface area contributed by atoms with Crippen molar-refractivity contribution in [2.24, 2.45) is 0 Å². The summed E-state index contributed by atoms with van der Waals surface area (Å²) >= 11 is 0. The van der Waals surface area contributed by atoms with Crippen molar-refractivity contribution in [3.05, 3.63) is 59.7 Å². The van der Waals surface area contributed by atoms with Crippen molar-refractivity contribution >= 4 is 36.0 Å². The molecule has 0 saturated heterocycles. The molecule has 0 fully saturated rings. The quantitative estimate of drug-likeness (QED) is 0.0592. The maximum absolute atomic E-state index is 11.6. The van der Waals surface area contributed by atoms with Crippen molar-refractivity contribution in [1.82, 2.24) is 0 Å². The molecule has 0 aliphatic heterocycles. The van der Waals surface area contributed by atoms with Gasteiger partial charge in [-0.15, -0.1) is 0 Å². The third-order valence-electron chi connectivity index (χ3n) is 8.55. The number of benzene rings is 2. The summed E-state index contributed by atoms with van der Waals surface area (Å²) in [6.07, 6.45) is 25.6. The van der Waals surface area contributed by atoms with E-state index in [0.29, 0.717) is 12.8 Å². The second-order valence-electron chi connectivity index (χ2n) is 12.9. The monoisotopic (exact) mass is 824 g/mol. The molecule has 2 rings (SSSR count). The molecule has 0 aliphatic carbocycles. The van der Waals surface area contributed by atoms with Gasteiger partial charge in [0.05, 0.1) is 9.79 Å².